The van der Waals surface area contributed by atoms with Crippen LogP contribution >= 0.6 is 0 Å². The fourth-order valence-electron chi connectivity index (χ4n) is 2.14. The van der Waals surface area contributed by atoms with Crippen molar-refractivity contribution in [3.8, 4) is 0 Å². The number of rotatable bonds is 7. The first-order valence-electron chi connectivity index (χ1n) is 7.45. The number of carbonyl (C=O) groups excluding carboxylic acids is 1. The van der Waals surface area contributed by atoms with Gasteiger partial charge in [-0.15, -0.1) is 0 Å². The molecule has 1 aromatic carbocycles. The Balaban J connectivity index is 2.79. The Labute approximate surface area is 133 Å². The van der Waals surface area contributed by atoms with E-state index in [2.05, 4.69) is 5.32 Å². The van der Waals surface area contributed by atoms with E-state index in [9.17, 15) is 13.2 Å². The van der Waals surface area contributed by atoms with Gasteiger partial charge in [-0.25, -0.2) is 8.42 Å². The Hall–Kier alpha value is -1.56. The van der Waals surface area contributed by atoms with Crippen LogP contribution in [0.4, 0.5) is 5.69 Å². The molecule has 0 aromatic heterocycles. The van der Waals surface area contributed by atoms with Crippen molar-refractivity contribution in [3.05, 3.63) is 29.3 Å². The summed E-state index contributed by atoms with van der Waals surface area (Å²) >= 11 is 0. The third-order valence-electron chi connectivity index (χ3n) is 3.39. The molecule has 0 atom stereocenters. The molecule has 1 N–H and O–H groups in total. The zero-order chi connectivity index (χ0) is 16.9. The highest BCUT2D eigenvalue weighted by Crippen LogP contribution is 2.21. The second-order valence-electron chi connectivity index (χ2n) is 5.93. The summed E-state index contributed by atoms with van der Waals surface area (Å²) < 4.78 is 25.4. The Morgan fingerprint density at radius 3 is 2.36 bits per heavy atom. The van der Waals surface area contributed by atoms with E-state index in [4.69, 9.17) is 0 Å². The molecule has 0 aliphatic heterocycles. The molecular weight excluding hydrogens is 300 g/mol. The average Bonchev–Trinajstić information content (AvgIpc) is 2.36. The van der Waals surface area contributed by atoms with E-state index >= 15 is 0 Å². The maximum atomic E-state index is 12.0. The lowest BCUT2D eigenvalue weighted by Gasteiger charge is -2.23. The van der Waals surface area contributed by atoms with E-state index in [1.54, 1.807) is 6.07 Å². The number of hydrogen-bond donors (Lipinski definition) is 1. The normalized spacial score (nSPS) is 11.5. The predicted molar refractivity (Wildman–Crippen MR) is 90.6 cm³/mol. The molecule has 1 aromatic rings. The van der Waals surface area contributed by atoms with Crippen LogP contribution in [0.25, 0.3) is 0 Å². The van der Waals surface area contributed by atoms with Gasteiger partial charge in [0.25, 0.3) is 0 Å². The topological polar surface area (TPSA) is 66.5 Å². The van der Waals surface area contributed by atoms with Crippen LogP contribution in [0.5, 0.6) is 0 Å². The SMILES string of the molecule is Cc1ccc(N(CCCC(=O)NC(C)C)S(C)(=O)=O)cc1C. The zero-order valence-corrected chi connectivity index (χ0v) is 14.8. The van der Waals surface area contributed by atoms with Gasteiger partial charge in [0.1, 0.15) is 0 Å². The first-order chi connectivity index (χ1) is 10.1. The van der Waals surface area contributed by atoms with Crippen LogP contribution in [0.3, 0.4) is 0 Å². The monoisotopic (exact) mass is 326 g/mol. The van der Waals surface area contributed by atoms with Crippen LogP contribution in [0.2, 0.25) is 0 Å². The summed E-state index contributed by atoms with van der Waals surface area (Å²) in [4.78, 5) is 11.6. The number of sulfonamides is 1. The van der Waals surface area contributed by atoms with Crippen LogP contribution in [-0.4, -0.2) is 33.2 Å². The number of nitrogens with zero attached hydrogens (tertiary/aromatic N) is 1. The van der Waals surface area contributed by atoms with Gasteiger partial charge in [-0.3, -0.25) is 9.10 Å². The van der Waals surface area contributed by atoms with Gasteiger partial charge in [-0.2, -0.15) is 0 Å². The molecule has 0 spiro atoms. The summed E-state index contributed by atoms with van der Waals surface area (Å²) in [6.45, 7) is 8.04. The molecule has 0 heterocycles. The second kappa shape index (κ2) is 7.63. The molecule has 22 heavy (non-hydrogen) atoms. The Morgan fingerprint density at radius 1 is 1.23 bits per heavy atom. The molecule has 0 aliphatic rings. The summed E-state index contributed by atoms with van der Waals surface area (Å²) in [5, 5.41) is 2.80. The molecule has 1 rings (SSSR count). The number of anilines is 1. The van der Waals surface area contributed by atoms with Gasteiger partial charge in [-0.05, 0) is 57.4 Å². The van der Waals surface area contributed by atoms with E-state index in [1.165, 1.54) is 10.6 Å². The van der Waals surface area contributed by atoms with Crippen molar-refractivity contribution in [2.24, 2.45) is 0 Å². The Morgan fingerprint density at radius 2 is 1.86 bits per heavy atom. The van der Waals surface area contributed by atoms with Crippen molar-refractivity contribution in [3.63, 3.8) is 0 Å². The molecule has 124 valence electrons. The average molecular weight is 326 g/mol. The summed E-state index contributed by atoms with van der Waals surface area (Å²) in [6.07, 6.45) is 1.99. The van der Waals surface area contributed by atoms with Crippen molar-refractivity contribution in [2.45, 2.75) is 46.6 Å². The molecule has 0 saturated heterocycles. The quantitative estimate of drug-likeness (QED) is 0.836. The number of hydrogen-bond acceptors (Lipinski definition) is 3. The molecule has 0 radical (unpaired) electrons. The van der Waals surface area contributed by atoms with Gasteiger partial charge in [0, 0.05) is 19.0 Å². The van der Waals surface area contributed by atoms with Crippen LogP contribution in [0, 0.1) is 13.8 Å². The summed E-state index contributed by atoms with van der Waals surface area (Å²) in [5.41, 5.74) is 2.81. The lowest BCUT2D eigenvalue weighted by molar-refractivity contribution is -0.121. The maximum absolute atomic E-state index is 12.0. The molecule has 0 bridgehead atoms. The van der Waals surface area contributed by atoms with Crippen LogP contribution in [0.1, 0.15) is 37.8 Å². The molecule has 0 unspecified atom stereocenters. The fourth-order valence-corrected chi connectivity index (χ4v) is 3.10. The van der Waals surface area contributed by atoms with E-state index in [0.717, 1.165) is 11.1 Å². The highest BCUT2D eigenvalue weighted by molar-refractivity contribution is 7.92. The summed E-state index contributed by atoms with van der Waals surface area (Å²) in [6, 6.07) is 5.68. The number of carbonyl (C=O) groups is 1. The van der Waals surface area contributed by atoms with Gasteiger partial charge in [0.2, 0.25) is 15.9 Å². The van der Waals surface area contributed by atoms with Gasteiger partial charge in [0.05, 0.1) is 11.9 Å². The molecule has 0 saturated carbocycles. The molecule has 1 amide bonds. The van der Waals surface area contributed by atoms with E-state index in [1.807, 2.05) is 39.8 Å². The number of aryl methyl sites for hydroxylation is 2. The largest absolute Gasteiger partial charge is 0.354 e. The molecule has 5 nitrogen and oxygen atoms in total. The minimum absolute atomic E-state index is 0.0523. The number of amides is 1. The fraction of sp³-hybridized carbons (Fsp3) is 0.562. The highest BCUT2D eigenvalue weighted by atomic mass is 32.2. The maximum Gasteiger partial charge on any atom is 0.232 e. The van der Waals surface area contributed by atoms with Gasteiger partial charge >= 0.3 is 0 Å². The predicted octanol–water partition coefficient (Wildman–Crippen LogP) is 2.37. The number of nitrogens with one attached hydrogen (secondary N) is 1. The van der Waals surface area contributed by atoms with E-state index in [-0.39, 0.29) is 11.9 Å². The molecule has 0 fully saturated rings. The van der Waals surface area contributed by atoms with Crippen molar-refractivity contribution in [1.29, 1.82) is 0 Å². The van der Waals surface area contributed by atoms with Gasteiger partial charge in [0.15, 0.2) is 0 Å². The van der Waals surface area contributed by atoms with Gasteiger partial charge in [-0.1, -0.05) is 6.07 Å². The summed E-state index contributed by atoms with van der Waals surface area (Å²) in [7, 11) is -3.37. The van der Waals surface area contributed by atoms with Crippen LogP contribution in [-0.2, 0) is 14.8 Å². The first-order valence-corrected chi connectivity index (χ1v) is 9.30. The number of benzene rings is 1. The first kappa shape index (κ1) is 18.5. The third-order valence-corrected chi connectivity index (χ3v) is 4.59. The van der Waals surface area contributed by atoms with E-state index in [0.29, 0.717) is 25.1 Å². The minimum Gasteiger partial charge on any atom is -0.354 e. The zero-order valence-electron chi connectivity index (χ0n) is 14.0. The summed E-state index contributed by atoms with van der Waals surface area (Å²) in [5.74, 6) is -0.0523. The van der Waals surface area contributed by atoms with Crippen molar-refractivity contribution in [2.75, 3.05) is 17.1 Å². The van der Waals surface area contributed by atoms with Crippen molar-refractivity contribution in [1.82, 2.24) is 5.32 Å². The molecule has 6 heteroatoms. The molecular formula is C16H26N2O3S. The third kappa shape index (κ3) is 5.67. The highest BCUT2D eigenvalue weighted by Gasteiger charge is 2.18. The molecule has 0 aliphatic carbocycles. The Kier molecular flexibility index (Phi) is 6.41. The lowest BCUT2D eigenvalue weighted by atomic mass is 10.1. The Bertz CT molecular complexity index is 624. The lowest BCUT2D eigenvalue weighted by Crippen LogP contribution is -2.33. The van der Waals surface area contributed by atoms with Gasteiger partial charge < -0.3 is 5.32 Å². The second-order valence-corrected chi connectivity index (χ2v) is 7.84. The van der Waals surface area contributed by atoms with Crippen LogP contribution < -0.4 is 9.62 Å². The van der Waals surface area contributed by atoms with E-state index < -0.39 is 10.0 Å². The van der Waals surface area contributed by atoms with Crippen molar-refractivity contribution >= 4 is 21.6 Å². The standard InChI is InChI=1S/C16H26N2O3S/c1-12(2)17-16(19)7-6-10-18(22(5,20)21)15-9-8-13(3)14(4)11-15/h8-9,11-12H,6-7,10H2,1-5H3,(H,17,19). The van der Waals surface area contributed by atoms with Crippen molar-refractivity contribution < 1.29 is 13.2 Å². The smallest absolute Gasteiger partial charge is 0.232 e. The minimum atomic E-state index is -3.37. The van der Waals surface area contributed by atoms with Crippen LogP contribution in [0.15, 0.2) is 18.2 Å².